The number of urea groups is 1. The summed E-state index contributed by atoms with van der Waals surface area (Å²) in [5.41, 5.74) is 1.08. The van der Waals surface area contributed by atoms with Gasteiger partial charge in [-0.1, -0.05) is 36.7 Å². The average molecular weight is 369 g/mol. The van der Waals surface area contributed by atoms with Crippen LogP contribution in [0.25, 0.3) is 5.65 Å². The summed E-state index contributed by atoms with van der Waals surface area (Å²) in [6, 6.07) is 12.2. The van der Waals surface area contributed by atoms with Crippen LogP contribution in [-0.2, 0) is 16.9 Å². The number of halogens is 1. The molecule has 1 atom stereocenters. The number of imide groups is 1. The molecular formula is C19H17ClN4O2. The lowest BCUT2D eigenvalue weighted by Gasteiger charge is -2.25. The first-order valence-electron chi connectivity index (χ1n) is 8.36. The molecule has 3 heterocycles. The fourth-order valence-electron chi connectivity index (χ4n) is 3.37. The number of carbonyl (C=O) groups is 2. The maximum Gasteiger partial charge on any atom is 0.325 e. The molecule has 2 aromatic heterocycles. The molecule has 1 saturated heterocycles. The minimum atomic E-state index is -1.07. The van der Waals surface area contributed by atoms with Crippen molar-refractivity contribution in [2.45, 2.75) is 25.4 Å². The van der Waals surface area contributed by atoms with Gasteiger partial charge < -0.3 is 9.72 Å². The fourth-order valence-corrected chi connectivity index (χ4v) is 3.49. The zero-order chi connectivity index (χ0) is 18.3. The lowest BCUT2D eigenvalue weighted by Crippen LogP contribution is -2.43. The molecule has 3 aromatic rings. The molecule has 1 fully saturated rings. The van der Waals surface area contributed by atoms with Gasteiger partial charge in [-0.2, -0.15) is 0 Å². The molecule has 0 aliphatic carbocycles. The Morgan fingerprint density at radius 2 is 1.92 bits per heavy atom. The van der Waals surface area contributed by atoms with E-state index >= 15 is 0 Å². The van der Waals surface area contributed by atoms with Crippen molar-refractivity contribution in [1.82, 2.24) is 19.6 Å². The summed E-state index contributed by atoms with van der Waals surface area (Å²) in [6.07, 6.45) is 4.15. The molecule has 132 valence electrons. The Labute approximate surface area is 155 Å². The first-order chi connectivity index (χ1) is 12.5. The maximum atomic E-state index is 13.1. The predicted octanol–water partition coefficient (Wildman–Crippen LogP) is 3.35. The minimum Gasteiger partial charge on any atom is -0.319 e. The van der Waals surface area contributed by atoms with Gasteiger partial charge in [0.05, 0.1) is 12.2 Å². The van der Waals surface area contributed by atoms with Crippen LogP contribution in [0.5, 0.6) is 0 Å². The van der Waals surface area contributed by atoms with E-state index in [1.54, 1.807) is 24.3 Å². The van der Waals surface area contributed by atoms with Crippen molar-refractivity contribution in [3.63, 3.8) is 0 Å². The van der Waals surface area contributed by atoms with Crippen molar-refractivity contribution in [2.24, 2.45) is 0 Å². The van der Waals surface area contributed by atoms with Crippen LogP contribution in [0.2, 0.25) is 5.02 Å². The van der Waals surface area contributed by atoms with E-state index in [1.165, 1.54) is 4.90 Å². The predicted molar refractivity (Wildman–Crippen MR) is 97.7 cm³/mol. The monoisotopic (exact) mass is 368 g/mol. The molecule has 0 saturated carbocycles. The average Bonchev–Trinajstić information content (AvgIpc) is 3.16. The Hall–Kier alpha value is -2.86. The molecule has 6 nitrogen and oxygen atoms in total. The third-order valence-corrected chi connectivity index (χ3v) is 5.03. The molecule has 1 unspecified atom stereocenters. The highest BCUT2D eigenvalue weighted by molar-refractivity contribution is 6.30. The van der Waals surface area contributed by atoms with Crippen molar-refractivity contribution in [3.05, 3.63) is 71.1 Å². The molecule has 1 aliphatic heterocycles. The van der Waals surface area contributed by atoms with Crippen LogP contribution in [-0.4, -0.2) is 26.2 Å². The van der Waals surface area contributed by atoms with E-state index in [4.69, 9.17) is 11.6 Å². The number of nitrogens with one attached hydrogen (secondary N) is 1. The number of rotatable bonds is 4. The van der Waals surface area contributed by atoms with Crippen molar-refractivity contribution in [2.75, 3.05) is 0 Å². The highest BCUT2D eigenvalue weighted by Crippen LogP contribution is 2.33. The highest BCUT2D eigenvalue weighted by Gasteiger charge is 2.51. The van der Waals surface area contributed by atoms with Crippen LogP contribution in [0.1, 0.15) is 24.6 Å². The standard InChI is InChI=1S/C19H17ClN4O2/c1-2-19(13-6-8-14(20)9-7-13)17(25)24(18(26)22-19)12-15-11-23-10-4-3-5-16(23)21-15/h3-11H,2,12H2,1H3,(H,22,26). The van der Waals surface area contributed by atoms with Crippen LogP contribution >= 0.6 is 11.6 Å². The van der Waals surface area contributed by atoms with Crippen molar-refractivity contribution >= 4 is 29.2 Å². The molecular weight excluding hydrogens is 352 g/mol. The van der Waals surface area contributed by atoms with E-state index in [-0.39, 0.29) is 12.5 Å². The van der Waals surface area contributed by atoms with E-state index in [0.717, 1.165) is 11.2 Å². The topological polar surface area (TPSA) is 66.7 Å². The second-order valence-corrected chi connectivity index (χ2v) is 6.72. The Bertz CT molecular complexity index is 965. The molecule has 3 amide bonds. The van der Waals surface area contributed by atoms with E-state index in [0.29, 0.717) is 17.1 Å². The lowest BCUT2D eigenvalue weighted by molar-refractivity contribution is -0.132. The second kappa shape index (κ2) is 6.14. The summed E-state index contributed by atoms with van der Waals surface area (Å²) < 4.78 is 1.86. The largest absolute Gasteiger partial charge is 0.325 e. The van der Waals surface area contributed by atoms with Crippen LogP contribution < -0.4 is 5.32 Å². The highest BCUT2D eigenvalue weighted by atomic mass is 35.5. The van der Waals surface area contributed by atoms with Gasteiger partial charge in [-0.15, -0.1) is 0 Å². The first-order valence-corrected chi connectivity index (χ1v) is 8.74. The summed E-state index contributed by atoms with van der Waals surface area (Å²) in [6.45, 7) is 2.00. The quantitative estimate of drug-likeness (QED) is 0.718. The molecule has 1 aromatic carbocycles. The molecule has 0 radical (unpaired) electrons. The summed E-state index contributed by atoms with van der Waals surface area (Å²) in [4.78, 5) is 31.4. The molecule has 4 rings (SSSR count). The molecule has 0 bridgehead atoms. The minimum absolute atomic E-state index is 0.127. The number of carbonyl (C=O) groups excluding carboxylic acids is 2. The van der Waals surface area contributed by atoms with Gasteiger partial charge in [-0.05, 0) is 36.2 Å². The smallest absolute Gasteiger partial charge is 0.319 e. The van der Waals surface area contributed by atoms with Gasteiger partial charge in [0, 0.05) is 17.4 Å². The van der Waals surface area contributed by atoms with Crippen LogP contribution in [0.15, 0.2) is 54.9 Å². The number of nitrogens with zero attached hydrogens (tertiary/aromatic N) is 3. The normalized spacial score (nSPS) is 20.0. The van der Waals surface area contributed by atoms with Crippen LogP contribution in [0.3, 0.4) is 0 Å². The first kappa shape index (κ1) is 16.6. The van der Waals surface area contributed by atoms with Gasteiger partial charge in [0.25, 0.3) is 5.91 Å². The fraction of sp³-hybridized carbons (Fsp3) is 0.211. The van der Waals surface area contributed by atoms with Gasteiger partial charge in [0.1, 0.15) is 11.2 Å². The number of imidazole rings is 1. The number of amides is 3. The van der Waals surface area contributed by atoms with Gasteiger partial charge in [0.15, 0.2) is 0 Å². The Balaban J connectivity index is 1.66. The van der Waals surface area contributed by atoms with Crippen LogP contribution in [0, 0.1) is 0 Å². The van der Waals surface area contributed by atoms with E-state index < -0.39 is 11.6 Å². The van der Waals surface area contributed by atoms with Gasteiger partial charge >= 0.3 is 6.03 Å². The lowest BCUT2D eigenvalue weighted by atomic mass is 9.87. The van der Waals surface area contributed by atoms with Gasteiger partial charge in [0.2, 0.25) is 0 Å². The Kier molecular flexibility index (Phi) is 3.92. The number of benzene rings is 1. The maximum absolute atomic E-state index is 13.1. The van der Waals surface area contributed by atoms with Crippen LogP contribution in [0.4, 0.5) is 4.79 Å². The Morgan fingerprint density at radius 3 is 2.62 bits per heavy atom. The summed E-state index contributed by atoms with van der Waals surface area (Å²) in [5.74, 6) is -0.274. The third kappa shape index (κ3) is 2.54. The number of pyridine rings is 1. The summed E-state index contributed by atoms with van der Waals surface area (Å²) >= 11 is 5.95. The molecule has 1 aliphatic rings. The number of hydrogen-bond donors (Lipinski definition) is 1. The molecule has 1 N–H and O–H groups in total. The second-order valence-electron chi connectivity index (χ2n) is 6.29. The summed E-state index contributed by atoms with van der Waals surface area (Å²) in [7, 11) is 0. The molecule has 7 heteroatoms. The van der Waals surface area contributed by atoms with Crippen molar-refractivity contribution in [3.8, 4) is 0 Å². The van der Waals surface area contributed by atoms with E-state index in [2.05, 4.69) is 10.3 Å². The molecule has 0 spiro atoms. The van der Waals surface area contributed by atoms with Gasteiger partial charge in [-0.25, -0.2) is 9.78 Å². The van der Waals surface area contributed by atoms with Gasteiger partial charge in [-0.3, -0.25) is 9.69 Å². The summed E-state index contributed by atoms with van der Waals surface area (Å²) in [5, 5.41) is 3.45. The third-order valence-electron chi connectivity index (χ3n) is 4.78. The molecule has 26 heavy (non-hydrogen) atoms. The van der Waals surface area contributed by atoms with E-state index in [1.807, 2.05) is 41.9 Å². The number of aromatic nitrogens is 2. The number of hydrogen-bond acceptors (Lipinski definition) is 3. The Morgan fingerprint density at radius 1 is 1.15 bits per heavy atom. The SMILES string of the molecule is CCC1(c2ccc(Cl)cc2)NC(=O)N(Cc2cn3ccccc3n2)C1=O. The van der Waals surface area contributed by atoms with Crippen molar-refractivity contribution in [1.29, 1.82) is 0 Å². The zero-order valence-electron chi connectivity index (χ0n) is 14.1. The number of fused-ring (bicyclic) bond motifs is 1. The zero-order valence-corrected chi connectivity index (χ0v) is 14.9. The van der Waals surface area contributed by atoms with Crippen molar-refractivity contribution < 1.29 is 9.59 Å². The van der Waals surface area contributed by atoms with E-state index in [9.17, 15) is 9.59 Å².